The highest BCUT2D eigenvalue weighted by Crippen LogP contribution is 2.18. The number of benzene rings is 2. The first-order chi connectivity index (χ1) is 10.3. The highest BCUT2D eigenvalue weighted by molar-refractivity contribution is 6.06. The average molecular weight is 278 g/mol. The second kappa shape index (κ2) is 5.63. The lowest BCUT2D eigenvalue weighted by Crippen LogP contribution is -2.11. The van der Waals surface area contributed by atoms with Crippen LogP contribution in [0.25, 0.3) is 10.8 Å². The van der Waals surface area contributed by atoms with Crippen molar-refractivity contribution < 1.29 is 9.53 Å². The lowest BCUT2D eigenvalue weighted by Gasteiger charge is -2.07. The molecule has 1 N–H and O–H groups in total. The Morgan fingerprint density at radius 2 is 1.86 bits per heavy atom. The van der Waals surface area contributed by atoms with Crippen LogP contribution in [0.2, 0.25) is 0 Å². The summed E-state index contributed by atoms with van der Waals surface area (Å²) >= 11 is 0. The number of rotatable bonds is 3. The van der Waals surface area contributed by atoms with Crippen LogP contribution in [-0.4, -0.2) is 18.0 Å². The molecule has 1 aromatic heterocycles. The van der Waals surface area contributed by atoms with Crippen LogP contribution in [0.15, 0.2) is 60.9 Å². The first kappa shape index (κ1) is 13.1. The van der Waals surface area contributed by atoms with Crippen LogP contribution >= 0.6 is 0 Å². The summed E-state index contributed by atoms with van der Waals surface area (Å²) < 4.78 is 5.09. The zero-order valence-electron chi connectivity index (χ0n) is 11.5. The number of carbonyl (C=O) groups is 1. The van der Waals surface area contributed by atoms with Crippen molar-refractivity contribution in [3.8, 4) is 5.75 Å². The summed E-state index contributed by atoms with van der Waals surface area (Å²) in [4.78, 5) is 16.3. The van der Waals surface area contributed by atoms with Gasteiger partial charge in [-0.1, -0.05) is 6.07 Å². The number of methoxy groups -OCH3 is 1. The van der Waals surface area contributed by atoms with E-state index in [1.54, 1.807) is 25.6 Å². The Balaban J connectivity index is 1.82. The maximum absolute atomic E-state index is 12.3. The standard InChI is InChI=1S/C17H14N2O2/c1-21-16-6-4-15(5-7-16)19-17(20)13-2-3-14-11-18-9-8-12(14)10-13/h2-11H,1H3,(H,19,20). The molecule has 2 aromatic carbocycles. The predicted molar refractivity (Wildman–Crippen MR) is 82.7 cm³/mol. The third kappa shape index (κ3) is 2.84. The molecule has 0 atom stereocenters. The lowest BCUT2D eigenvalue weighted by atomic mass is 10.1. The largest absolute Gasteiger partial charge is 0.497 e. The van der Waals surface area contributed by atoms with Gasteiger partial charge in [-0.15, -0.1) is 0 Å². The number of anilines is 1. The number of pyridine rings is 1. The van der Waals surface area contributed by atoms with E-state index in [4.69, 9.17) is 4.74 Å². The van der Waals surface area contributed by atoms with Crippen LogP contribution in [0.3, 0.4) is 0 Å². The summed E-state index contributed by atoms with van der Waals surface area (Å²) in [6, 6.07) is 14.7. The first-order valence-corrected chi connectivity index (χ1v) is 6.55. The smallest absolute Gasteiger partial charge is 0.255 e. The molecule has 1 heterocycles. The van der Waals surface area contributed by atoms with Crippen molar-refractivity contribution in [3.63, 3.8) is 0 Å². The Bertz CT molecular complexity index is 782. The monoisotopic (exact) mass is 278 g/mol. The molecule has 0 aliphatic heterocycles. The molecule has 3 aromatic rings. The molecule has 1 amide bonds. The van der Waals surface area contributed by atoms with E-state index in [0.29, 0.717) is 5.56 Å². The van der Waals surface area contributed by atoms with Crippen LogP contribution in [0.1, 0.15) is 10.4 Å². The molecular formula is C17H14N2O2. The first-order valence-electron chi connectivity index (χ1n) is 6.55. The number of amides is 1. The summed E-state index contributed by atoms with van der Waals surface area (Å²) in [6.07, 6.45) is 3.49. The second-order valence-corrected chi connectivity index (χ2v) is 4.62. The topological polar surface area (TPSA) is 51.2 Å². The second-order valence-electron chi connectivity index (χ2n) is 4.62. The van der Waals surface area contributed by atoms with E-state index >= 15 is 0 Å². The van der Waals surface area contributed by atoms with E-state index in [0.717, 1.165) is 22.2 Å². The van der Waals surface area contributed by atoms with Crippen LogP contribution in [0.5, 0.6) is 5.75 Å². The average Bonchev–Trinajstić information content (AvgIpc) is 2.55. The lowest BCUT2D eigenvalue weighted by molar-refractivity contribution is 0.102. The molecular weight excluding hydrogens is 264 g/mol. The van der Waals surface area contributed by atoms with Gasteiger partial charge in [-0.3, -0.25) is 9.78 Å². The summed E-state index contributed by atoms with van der Waals surface area (Å²) in [5, 5.41) is 4.87. The molecule has 104 valence electrons. The molecule has 0 unspecified atom stereocenters. The molecule has 0 bridgehead atoms. The van der Waals surface area contributed by atoms with E-state index in [1.807, 2.05) is 42.5 Å². The molecule has 0 aliphatic carbocycles. The molecule has 4 heteroatoms. The van der Waals surface area contributed by atoms with E-state index in [-0.39, 0.29) is 5.91 Å². The third-order valence-corrected chi connectivity index (χ3v) is 3.25. The highest BCUT2D eigenvalue weighted by atomic mass is 16.5. The molecule has 4 nitrogen and oxygen atoms in total. The number of nitrogens with zero attached hydrogens (tertiary/aromatic N) is 1. The molecule has 3 rings (SSSR count). The summed E-state index contributed by atoms with van der Waals surface area (Å²) in [5.74, 6) is 0.616. The van der Waals surface area contributed by atoms with Gasteiger partial charge in [0.1, 0.15) is 5.75 Å². The minimum Gasteiger partial charge on any atom is -0.497 e. The van der Waals surface area contributed by atoms with Gasteiger partial charge in [0.15, 0.2) is 0 Å². The number of hydrogen-bond donors (Lipinski definition) is 1. The number of aromatic nitrogens is 1. The molecule has 0 saturated carbocycles. The van der Waals surface area contributed by atoms with Gasteiger partial charge >= 0.3 is 0 Å². The Morgan fingerprint density at radius 1 is 1.05 bits per heavy atom. The Morgan fingerprint density at radius 3 is 2.62 bits per heavy atom. The highest BCUT2D eigenvalue weighted by Gasteiger charge is 2.07. The number of ether oxygens (including phenoxy) is 1. The fourth-order valence-corrected chi connectivity index (χ4v) is 2.10. The molecule has 0 saturated heterocycles. The van der Waals surface area contributed by atoms with Gasteiger partial charge in [-0.2, -0.15) is 0 Å². The van der Waals surface area contributed by atoms with Crippen LogP contribution < -0.4 is 10.1 Å². The van der Waals surface area contributed by atoms with E-state index in [9.17, 15) is 4.79 Å². The van der Waals surface area contributed by atoms with Gasteiger partial charge in [-0.05, 0) is 47.9 Å². The maximum atomic E-state index is 12.3. The van der Waals surface area contributed by atoms with Gasteiger partial charge in [0, 0.05) is 29.0 Å². The van der Waals surface area contributed by atoms with Gasteiger partial charge in [0.2, 0.25) is 0 Å². The zero-order valence-corrected chi connectivity index (χ0v) is 11.5. The van der Waals surface area contributed by atoms with Crippen molar-refractivity contribution in [2.75, 3.05) is 12.4 Å². The fourth-order valence-electron chi connectivity index (χ4n) is 2.10. The van der Waals surface area contributed by atoms with Crippen LogP contribution in [0, 0.1) is 0 Å². The molecule has 0 aliphatic rings. The molecule has 0 radical (unpaired) electrons. The summed E-state index contributed by atoms with van der Waals surface area (Å²) in [7, 11) is 1.61. The fraction of sp³-hybridized carbons (Fsp3) is 0.0588. The van der Waals surface area contributed by atoms with Crippen molar-refractivity contribution in [1.82, 2.24) is 4.98 Å². The van der Waals surface area contributed by atoms with Gasteiger partial charge in [0.05, 0.1) is 7.11 Å². The van der Waals surface area contributed by atoms with E-state index < -0.39 is 0 Å². The number of carbonyl (C=O) groups excluding carboxylic acids is 1. The van der Waals surface area contributed by atoms with Crippen molar-refractivity contribution in [2.24, 2.45) is 0 Å². The Kier molecular flexibility index (Phi) is 3.51. The van der Waals surface area contributed by atoms with E-state index in [2.05, 4.69) is 10.3 Å². The van der Waals surface area contributed by atoms with Crippen molar-refractivity contribution in [3.05, 3.63) is 66.5 Å². The molecule has 0 spiro atoms. The predicted octanol–water partition coefficient (Wildman–Crippen LogP) is 3.50. The number of fused-ring (bicyclic) bond motifs is 1. The molecule has 21 heavy (non-hydrogen) atoms. The van der Waals surface area contributed by atoms with Gasteiger partial charge in [0.25, 0.3) is 5.91 Å². The number of hydrogen-bond acceptors (Lipinski definition) is 3. The normalized spacial score (nSPS) is 10.3. The minimum atomic E-state index is -0.140. The summed E-state index contributed by atoms with van der Waals surface area (Å²) in [5.41, 5.74) is 1.35. The van der Waals surface area contributed by atoms with Gasteiger partial charge < -0.3 is 10.1 Å². The quantitative estimate of drug-likeness (QED) is 0.797. The zero-order chi connectivity index (χ0) is 14.7. The van der Waals surface area contributed by atoms with Crippen LogP contribution in [-0.2, 0) is 0 Å². The van der Waals surface area contributed by atoms with Gasteiger partial charge in [-0.25, -0.2) is 0 Å². The van der Waals surface area contributed by atoms with Crippen molar-refractivity contribution in [2.45, 2.75) is 0 Å². The SMILES string of the molecule is COc1ccc(NC(=O)c2ccc3cnccc3c2)cc1. The van der Waals surface area contributed by atoms with E-state index in [1.165, 1.54) is 0 Å². The summed E-state index contributed by atoms with van der Waals surface area (Å²) in [6.45, 7) is 0. The van der Waals surface area contributed by atoms with Crippen molar-refractivity contribution >= 4 is 22.4 Å². The minimum absolute atomic E-state index is 0.140. The maximum Gasteiger partial charge on any atom is 0.255 e. The Hall–Kier alpha value is -2.88. The van der Waals surface area contributed by atoms with Crippen molar-refractivity contribution in [1.29, 1.82) is 0 Å². The number of nitrogens with one attached hydrogen (secondary N) is 1. The third-order valence-electron chi connectivity index (χ3n) is 3.25. The Labute approximate surface area is 122 Å². The molecule has 0 fully saturated rings. The van der Waals surface area contributed by atoms with Crippen LogP contribution in [0.4, 0.5) is 5.69 Å².